The van der Waals surface area contributed by atoms with E-state index in [1.807, 2.05) is 39.0 Å². The van der Waals surface area contributed by atoms with E-state index in [2.05, 4.69) is 36.5 Å². The molecule has 0 spiro atoms. The number of allylic oxidation sites excluding steroid dienone is 1. The predicted molar refractivity (Wildman–Crippen MR) is 109 cm³/mol. The van der Waals surface area contributed by atoms with Gasteiger partial charge in [-0.2, -0.15) is 0 Å². The molecular formula is C19H31NO3SSi. The van der Waals surface area contributed by atoms with E-state index in [1.165, 1.54) is 12.3 Å². The highest BCUT2D eigenvalue weighted by molar-refractivity contribution is 7.90. The van der Waals surface area contributed by atoms with E-state index in [-0.39, 0.29) is 18.4 Å². The van der Waals surface area contributed by atoms with E-state index in [9.17, 15) is 9.35 Å². The lowest BCUT2D eigenvalue weighted by Crippen LogP contribution is -2.42. The van der Waals surface area contributed by atoms with E-state index in [0.717, 1.165) is 11.6 Å². The lowest BCUT2D eigenvalue weighted by Gasteiger charge is -2.28. The minimum absolute atomic E-state index is 0.144. The van der Waals surface area contributed by atoms with Gasteiger partial charge in [-0.05, 0) is 32.4 Å². The summed E-state index contributed by atoms with van der Waals surface area (Å²) >= 11 is -1.27. The van der Waals surface area contributed by atoms with Crippen LogP contribution in [-0.2, 0) is 20.9 Å². The highest BCUT2D eigenvalue weighted by Gasteiger charge is 2.31. The number of methoxy groups -OCH3 is 1. The Morgan fingerprint density at radius 1 is 1.36 bits per heavy atom. The Labute approximate surface area is 156 Å². The maximum absolute atomic E-state index is 12.5. The van der Waals surface area contributed by atoms with Crippen LogP contribution in [0.1, 0.15) is 38.8 Å². The molecule has 1 rings (SSSR count). The average Bonchev–Trinajstić information content (AvgIpc) is 2.53. The van der Waals surface area contributed by atoms with Gasteiger partial charge in [0.05, 0.1) is 27.6 Å². The molecule has 0 amide bonds. The molecule has 0 aliphatic heterocycles. The summed E-state index contributed by atoms with van der Waals surface area (Å²) in [5.41, 5.74) is 0.940. The maximum atomic E-state index is 12.5. The topological polar surface area (TPSA) is 61.4 Å². The number of hydrogen-bond acceptors (Lipinski definition) is 4. The molecule has 0 aliphatic rings. The zero-order chi connectivity index (χ0) is 19.3. The van der Waals surface area contributed by atoms with Gasteiger partial charge in [-0.25, -0.2) is 0 Å². The number of esters is 1. The molecule has 0 saturated heterocycles. The van der Waals surface area contributed by atoms with Gasteiger partial charge in [0.2, 0.25) is 0 Å². The zero-order valence-corrected chi connectivity index (χ0v) is 18.0. The van der Waals surface area contributed by atoms with E-state index >= 15 is 0 Å². The molecule has 0 aliphatic carbocycles. The Hall–Kier alpha value is -1.08. The van der Waals surface area contributed by atoms with Gasteiger partial charge in [-0.15, -0.1) is 11.3 Å². The average molecular weight is 382 g/mol. The van der Waals surface area contributed by atoms with Crippen LogP contribution in [0.2, 0.25) is 19.1 Å². The fourth-order valence-corrected chi connectivity index (χ4v) is 5.29. The summed E-state index contributed by atoms with van der Waals surface area (Å²) < 4.78 is 19.9. The van der Waals surface area contributed by atoms with E-state index in [4.69, 9.17) is 4.74 Å². The molecule has 4 nitrogen and oxygen atoms in total. The molecular weight excluding hydrogens is 350 g/mol. The number of nitrogens with one attached hydrogen (secondary N) is 1. The van der Waals surface area contributed by atoms with Crippen molar-refractivity contribution < 1.29 is 14.1 Å². The van der Waals surface area contributed by atoms with Gasteiger partial charge in [0.25, 0.3) is 0 Å². The van der Waals surface area contributed by atoms with E-state index in [0.29, 0.717) is 0 Å². The molecule has 25 heavy (non-hydrogen) atoms. The van der Waals surface area contributed by atoms with Gasteiger partial charge < -0.3 is 9.29 Å². The Morgan fingerprint density at radius 2 is 1.92 bits per heavy atom. The van der Waals surface area contributed by atoms with Crippen molar-refractivity contribution in [3.05, 3.63) is 42.5 Å². The van der Waals surface area contributed by atoms with E-state index in [1.54, 1.807) is 0 Å². The van der Waals surface area contributed by atoms with Gasteiger partial charge in [-0.3, -0.25) is 4.79 Å². The maximum Gasteiger partial charge on any atom is 0.307 e. The molecule has 0 fully saturated rings. The normalized spacial score (nSPS) is 14.7. The van der Waals surface area contributed by atoms with Crippen LogP contribution in [0.5, 0.6) is 0 Å². The van der Waals surface area contributed by atoms with Gasteiger partial charge in [0.1, 0.15) is 4.75 Å². The second-order valence-electron chi connectivity index (χ2n) is 7.83. The van der Waals surface area contributed by atoms with Gasteiger partial charge in [-0.1, -0.05) is 48.6 Å². The first-order chi connectivity index (χ1) is 11.5. The van der Waals surface area contributed by atoms with Crippen molar-refractivity contribution in [1.82, 2.24) is 4.72 Å². The lowest BCUT2D eigenvalue weighted by molar-refractivity contribution is -0.141. The highest BCUT2D eigenvalue weighted by atomic mass is 32.2. The number of benzene rings is 1. The van der Waals surface area contributed by atoms with Crippen molar-refractivity contribution in [2.75, 3.05) is 7.11 Å². The molecule has 2 atom stereocenters. The minimum atomic E-state index is -1.53. The van der Waals surface area contributed by atoms with Crippen molar-refractivity contribution in [1.29, 1.82) is 0 Å². The fourth-order valence-electron chi connectivity index (χ4n) is 2.43. The van der Waals surface area contributed by atoms with Crippen LogP contribution in [0.4, 0.5) is 0 Å². The zero-order valence-electron chi connectivity index (χ0n) is 16.2. The first-order valence-electron chi connectivity index (χ1n) is 8.47. The molecule has 140 valence electrons. The van der Waals surface area contributed by atoms with Crippen molar-refractivity contribution in [3.63, 3.8) is 0 Å². The first-order valence-corrected chi connectivity index (χ1v) is 12.8. The molecule has 1 unspecified atom stereocenters. The summed E-state index contributed by atoms with van der Waals surface area (Å²) in [4.78, 5) is 11.8. The smallest absolute Gasteiger partial charge is 0.307 e. The number of ether oxygens (including phenoxy) is 1. The standard InChI is InChI=1S/C19H31NO3SSi/c1-8-13-25(6,7)16-11-9-15(10-12-16)17(14-18(21)23-5)20-24(22)19(2,3)4/h8-12,17,20H,1,13-14H2,2-7H3/t17-,24?/m1/s1. The Bertz CT molecular complexity index is 581. The van der Waals surface area contributed by atoms with Gasteiger partial charge in [0, 0.05) is 11.4 Å². The summed E-state index contributed by atoms with van der Waals surface area (Å²) in [5, 5.41) is 1.34. The van der Waals surface area contributed by atoms with Crippen LogP contribution in [0.25, 0.3) is 0 Å². The molecule has 0 saturated carbocycles. The number of rotatable bonds is 8. The Balaban J connectivity index is 3.05. The van der Waals surface area contributed by atoms with Crippen LogP contribution in [0.15, 0.2) is 36.9 Å². The number of hydrogen-bond donors (Lipinski definition) is 1. The third-order valence-corrected chi connectivity index (χ3v) is 8.97. The second-order valence-corrected chi connectivity index (χ2v) is 14.6. The lowest BCUT2D eigenvalue weighted by atomic mass is 10.1. The van der Waals surface area contributed by atoms with Crippen molar-refractivity contribution in [2.24, 2.45) is 0 Å². The molecule has 0 bridgehead atoms. The second kappa shape index (κ2) is 9.03. The van der Waals surface area contributed by atoms with Crippen molar-refractivity contribution in [2.45, 2.75) is 57.1 Å². The number of carbonyl (C=O) groups is 1. The van der Waals surface area contributed by atoms with Gasteiger partial charge in [0.15, 0.2) is 0 Å². The van der Waals surface area contributed by atoms with Crippen LogP contribution >= 0.6 is 0 Å². The molecule has 0 aromatic heterocycles. The summed E-state index contributed by atoms with van der Waals surface area (Å²) in [6.45, 7) is 14.2. The predicted octanol–water partition coefficient (Wildman–Crippen LogP) is 3.44. The number of carbonyl (C=O) groups excluding carboxylic acids is 1. The molecule has 1 N–H and O–H groups in total. The third-order valence-electron chi connectivity index (χ3n) is 4.15. The third kappa shape index (κ3) is 6.62. The van der Waals surface area contributed by atoms with Crippen LogP contribution in [0, 0.1) is 0 Å². The minimum Gasteiger partial charge on any atom is -0.598 e. The fraction of sp³-hybridized carbons (Fsp3) is 0.526. The monoisotopic (exact) mass is 381 g/mol. The molecule has 1 aromatic carbocycles. The van der Waals surface area contributed by atoms with Crippen LogP contribution < -0.4 is 9.91 Å². The molecule has 1 aromatic rings. The summed E-state index contributed by atoms with van der Waals surface area (Å²) in [6, 6.07) is 8.96. The van der Waals surface area contributed by atoms with Crippen molar-refractivity contribution >= 4 is 30.6 Å². The molecule has 0 heterocycles. The Kier molecular flexibility index (Phi) is 7.93. The summed E-state index contributed by atoms with van der Waals surface area (Å²) in [5.74, 6) is -0.325. The molecule has 6 heteroatoms. The van der Waals surface area contributed by atoms with E-state index < -0.39 is 24.2 Å². The summed E-state index contributed by atoms with van der Waals surface area (Å²) in [7, 11) is -0.160. The quantitative estimate of drug-likeness (QED) is 0.324. The Morgan fingerprint density at radius 3 is 2.36 bits per heavy atom. The van der Waals surface area contributed by atoms with Crippen molar-refractivity contribution in [3.8, 4) is 0 Å². The highest BCUT2D eigenvalue weighted by Crippen LogP contribution is 2.23. The largest absolute Gasteiger partial charge is 0.598 e. The first kappa shape index (κ1) is 22.0. The van der Waals surface area contributed by atoms with Crippen LogP contribution in [0.3, 0.4) is 0 Å². The SMILES string of the molecule is C=CC[Si](C)(C)c1ccc([C@@H](CC(=O)OC)N[S+]([O-])C(C)(C)C)cc1. The summed E-state index contributed by atoms with van der Waals surface area (Å²) in [6.07, 6.45) is 2.12. The molecule has 0 radical (unpaired) electrons. The van der Waals surface area contributed by atoms with Crippen LogP contribution in [-0.4, -0.2) is 30.5 Å². The van der Waals surface area contributed by atoms with Gasteiger partial charge >= 0.3 is 5.97 Å².